The number of hydrogen-bond donors (Lipinski definition) is 10. The fourth-order valence-corrected chi connectivity index (χ4v) is 3.99. The quantitative estimate of drug-likeness (QED) is 0.0971. The zero-order valence-electron chi connectivity index (χ0n) is 18.8. The average Bonchev–Trinajstić information content (AvgIpc) is 2.69. The van der Waals surface area contributed by atoms with Crippen LogP contribution in [0.15, 0.2) is 24.0 Å². The molecule has 0 aromatic carbocycles. The van der Waals surface area contributed by atoms with Gasteiger partial charge in [0.1, 0.15) is 6.10 Å². The van der Waals surface area contributed by atoms with Crippen LogP contribution in [-0.4, -0.2) is 88.8 Å². The van der Waals surface area contributed by atoms with E-state index in [9.17, 15) is 15.3 Å². The van der Waals surface area contributed by atoms with E-state index in [-0.39, 0.29) is 49.5 Å². The molecule has 1 aliphatic heterocycles. The summed E-state index contributed by atoms with van der Waals surface area (Å²) in [6.07, 6.45) is 1.62. The minimum absolute atomic E-state index is 0.0162. The summed E-state index contributed by atoms with van der Waals surface area (Å²) in [4.78, 5) is 0. The predicted octanol–water partition coefficient (Wildman–Crippen LogP) is -1.68. The van der Waals surface area contributed by atoms with E-state index in [0.717, 1.165) is 6.42 Å². The summed E-state index contributed by atoms with van der Waals surface area (Å²) in [7, 11) is 1.60. The van der Waals surface area contributed by atoms with Crippen molar-refractivity contribution in [2.45, 2.75) is 80.9 Å². The van der Waals surface area contributed by atoms with Gasteiger partial charge in [0.25, 0.3) is 11.9 Å². The lowest BCUT2D eigenvalue weighted by molar-refractivity contribution is -0.218. The Hall–Kier alpha value is -2.29. The number of likely N-dealkylation sites (N-methyl/N-ethyl adjacent to an activating group) is 1. The van der Waals surface area contributed by atoms with Gasteiger partial charge >= 0.3 is 0 Å². The molecule has 0 spiro atoms. The largest absolute Gasteiger partial charge is 0.481 e. The highest BCUT2D eigenvalue weighted by atomic mass is 16.7. The van der Waals surface area contributed by atoms with Gasteiger partial charge < -0.3 is 62.5 Å². The molecule has 2 rings (SSSR count). The van der Waals surface area contributed by atoms with Gasteiger partial charge in [-0.2, -0.15) is 0 Å². The number of aliphatic hydroxyl groups excluding tert-OH is 4. The molecule has 1 saturated heterocycles. The van der Waals surface area contributed by atoms with Gasteiger partial charge in [0.15, 0.2) is 5.96 Å². The number of guanidine groups is 1. The molecule has 8 atom stereocenters. The second kappa shape index (κ2) is 12.8. The maximum absolute atomic E-state index is 10.5. The Labute approximate surface area is 193 Å². The summed E-state index contributed by atoms with van der Waals surface area (Å²) >= 11 is 0. The molecule has 13 N–H and O–H groups in total. The molecule has 0 bridgehead atoms. The summed E-state index contributed by atoms with van der Waals surface area (Å²) in [6.45, 7) is -0.213. The first-order chi connectivity index (χ1) is 15.6. The standard InChI is InChI=1S/C20H38N6O7/c1-25-18-14(28)8-12(9-17(30)32-15-3-2-10(21)6-13(15)22)31-19(18)33-16(29)7-11(4-5-27)26-20(23)24/h7,9-15,18-19,25,27-30H,2-6,8,21-22H2,1H3,(H4,23,24,26)/b16-7+,17-9+/t10-,11+,12+,13?,14?,15-,18?,19?/m0/s1. The van der Waals surface area contributed by atoms with Crippen molar-refractivity contribution in [2.75, 3.05) is 13.7 Å². The lowest BCUT2D eigenvalue weighted by Gasteiger charge is -2.38. The Morgan fingerprint density at radius 3 is 2.55 bits per heavy atom. The molecule has 13 heteroatoms. The van der Waals surface area contributed by atoms with Crippen LogP contribution in [-0.2, 0) is 14.2 Å². The van der Waals surface area contributed by atoms with Gasteiger partial charge in [0.05, 0.1) is 24.3 Å². The van der Waals surface area contributed by atoms with Crippen LogP contribution >= 0.6 is 0 Å². The molecule has 33 heavy (non-hydrogen) atoms. The van der Waals surface area contributed by atoms with Gasteiger partial charge in [-0.05, 0) is 32.7 Å². The monoisotopic (exact) mass is 474 g/mol. The van der Waals surface area contributed by atoms with E-state index in [1.807, 2.05) is 0 Å². The highest BCUT2D eigenvalue weighted by Gasteiger charge is 2.39. The van der Waals surface area contributed by atoms with Crippen molar-refractivity contribution < 1.29 is 34.6 Å². The van der Waals surface area contributed by atoms with Crippen LogP contribution in [0.3, 0.4) is 0 Å². The van der Waals surface area contributed by atoms with E-state index in [1.54, 1.807) is 7.05 Å². The van der Waals surface area contributed by atoms with Crippen molar-refractivity contribution >= 4 is 5.96 Å². The van der Waals surface area contributed by atoms with Crippen molar-refractivity contribution in [1.82, 2.24) is 10.6 Å². The van der Waals surface area contributed by atoms with Crippen LogP contribution in [0.5, 0.6) is 0 Å². The van der Waals surface area contributed by atoms with E-state index in [4.69, 9.17) is 41.9 Å². The highest BCUT2D eigenvalue weighted by molar-refractivity contribution is 5.74. The van der Waals surface area contributed by atoms with Gasteiger partial charge in [0, 0.05) is 37.3 Å². The van der Waals surface area contributed by atoms with Crippen molar-refractivity contribution in [1.29, 1.82) is 5.41 Å². The predicted molar refractivity (Wildman–Crippen MR) is 120 cm³/mol. The molecule has 1 heterocycles. The van der Waals surface area contributed by atoms with Crippen molar-refractivity contribution in [3.63, 3.8) is 0 Å². The van der Waals surface area contributed by atoms with Crippen molar-refractivity contribution in [3.05, 3.63) is 24.0 Å². The van der Waals surface area contributed by atoms with Crippen molar-refractivity contribution in [2.24, 2.45) is 17.2 Å². The third-order valence-corrected chi connectivity index (χ3v) is 5.66. The summed E-state index contributed by atoms with van der Waals surface area (Å²) in [6, 6.07) is -1.62. The maximum Gasteiger partial charge on any atom is 0.276 e. The number of ether oxygens (including phenoxy) is 3. The molecule has 1 saturated carbocycles. The normalized spacial score (nSPS) is 34.4. The summed E-state index contributed by atoms with van der Waals surface area (Å²) in [5.41, 5.74) is 17.3. The smallest absolute Gasteiger partial charge is 0.276 e. The second-order valence-electron chi connectivity index (χ2n) is 8.36. The Kier molecular flexibility index (Phi) is 10.5. The molecule has 13 nitrogen and oxygen atoms in total. The fraction of sp³-hybridized carbons (Fsp3) is 0.750. The molecule has 2 aliphatic rings. The van der Waals surface area contributed by atoms with E-state index >= 15 is 0 Å². The molecule has 2 fully saturated rings. The molecule has 4 unspecified atom stereocenters. The van der Waals surface area contributed by atoms with Gasteiger partial charge in [-0.3, -0.25) is 5.41 Å². The van der Waals surface area contributed by atoms with E-state index in [2.05, 4.69) is 10.6 Å². The number of hydrogen-bond acceptors (Lipinski definition) is 11. The highest BCUT2D eigenvalue weighted by Crippen LogP contribution is 2.26. The molecule has 0 radical (unpaired) electrons. The summed E-state index contributed by atoms with van der Waals surface area (Å²) < 4.78 is 16.8. The van der Waals surface area contributed by atoms with Crippen LogP contribution in [0.25, 0.3) is 0 Å². The van der Waals surface area contributed by atoms with Gasteiger partial charge in [0.2, 0.25) is 6.29 Å². The Bertz CT molecular complexity index is 694. The van der Waals surface area contributed by atoms with Crippen LogP contribution in [0.1, 0.15) is 32.1 Å². The Morgan fingerprint density at radius 1 is 1.21 bits per heavy atom. The number of aliphatic hydroxyl groups is 4. The van der Waals surface area contributed by atoms with Gasteiger partial charge in [-0.15, -0.1) is 0 Å². The summed E-state index contributed by atoms with van der Waals surface area (Å²) in [5.74, 6) is -1.26. The van der Waals surface area contributed by atoms with Crippen LogP contribution in [0, 0.1) is 5.41 Å². The van der Waals surface area contributed by atoms with Gasteiger partial charge in [-0.1, -0.05) is 0 Å². The minimum atomic E-state index is -1.12. The third kappa shape index (κ3) is 8.53. The van der Waals surface area contributed by atoms with E-state index in [1.165, 1.54) is 12.2 Å². The van der Waals surface area contributed by atoms with Crippen LogP contribution in [0.4, 0.5) is 0 Å². The Balaban J connectivity index is 2.04. The van der Waals surface area contributed by atoms with Crippen LogP contribution in [0.2, 0.25) is 0 Å². The number of rotatable bonds is 10. The molecule has 0 aromatic rings. The zero-order valence-corrected chi connectivity index (χ0v) is 18.8. The topological polar surface area (TPSA) is 235 Å². The first-order valence-electron chi connectivity index (χ1n) is 11.0. The van der Waals surface area contributed by atoms with E-state index in [0.29, 0.717) is 12.8 Å². The molecule has 1 aliphatic carbocycles. The first-order valence-corrected chi connectivity index (χ1v) is 11.0. The minimum Gasteiger partial charge on any atom is -0.481 e. The van der Waals surface area contributed by atoms with E-state index < -0.39 is 36.5 Å². The molecule has 0 aromatic heterocycles. The molecule has 0 amide bonds. The zero-order chi connectivity index (χ0) is 24.5. The second-order valence-corrected chi connectivity index (χ2v) is 8.36. The van der Waals surface area contributed by atoms with Gasteiger partial charge in [-0.25, -0.2) is 0 Å². The van der Waals surface area contributed by atoms with Crippen molar-refractivity contribution in [3.8, 4) is 0 Å². The summed E-state index contributed by atoms with van der Waals surface area (Å²) in [5, 5.41) is 52.9. The molecule has 190 valence electrons. The maximum atomic E-state index is 10.5. The average molecular weight is 475 g/mol. The lowest BCUT2D eigenvalue weighted by Crippen LogP contribution is -2.55. The SMILES string of the molecule is CNC1C(O)C[C@H](/C=C(\O)O[C@H]2CC[C@H](N)CC2N)OC1O/C(O)=C/[C@@H](CCO)NC(=N)N. The third-order valence-electron chi connectivity index (χ3n) is 5.66. The molecular weight excluding hydrogens is 436 g/mol. The number of nitrogens with two attached hydrogens (primary N) is 3. The fourth-order valence-electron chi connectivity index (χ4n) is 3.99. The number of nitrogens with one attached hydrogen (secondary N) is 3. The molecular formula is C20H38N6O7. The Morgan fingerprint density at radius 2 is 1.94 bits per heavy atom. The lowest BCUT2D eigenvalue weighted by atomic mass is 9.89. The van der Waals surface area contributed by atoms with Crippen LogP contribution < -0.4 is 27.8 Å². The first kappa shape index (κ1) is 27.0.